The lowest BCUT2D eigenvalue weighted by Gasteiger charge is -2.19. The molecule has 30 heavy (non-hydrogen) atoms. The fraction of sp³-hybridized carbons (Fsp3) is 0.500. The van der Waals surface area contributed by atoms with Crippen LogP contribution in [0.25, 0.3) is 11.2 Å². The summed E-state index contributed by atoms with van der Waals surface area (Å²) >= 11 is 0. The van der Waals surface area contributed by atoms with E-state index in [0.29, 0.717) is 0 Å². The predicted molar refractivity (Wildman–Crippen MR) is 93.0 cm³/mol. The van der Waals surface area contributed by atoms with Gasteiger partial charge in [0.15, 0.2) is 36.5 Å². The molecule has 0 bridgehead atoms. The van der Waals surface area contributed by atoms with E-state index in [1.54, 1.807) is 0 Å². The summed E-state index contributed by atoms with van der Waals surface area (Å²) in [6, 6.07) is 0. The minimum atomic E-state index is -5.60. The van der Waals surface area contributed by atoms with Gasteiger partial charge in [-0.25, -0.2) is 32.8 Å². The van der Waals surface area contributed by atoms with Crippen LogP contribution in [0.3, 0.4) is 0 Å². The van der Waals surface area contributed by atoms with Crippen molar-refractivity contribution in [1.29, 1.82) is 0 Å². The molecule has 20 heteroatoms. The number of imidazole rings is 1. The molecular weight excluding hydrogens is 478 g/mol. The van der Waals surface area contributed by atoms with Gasteiger partial charge in [-0.1, -0.05) is 0 Å². The number of nitrogens with zero attached hydrogens (tertiary/aromatic N) is 4. The van der Waals surface area contributed by atoms with Crippen molar-refractivity contribution in [3.05, 3.63) is 12.7 Å². The van der Waals surface area contributed by atoms with Crippen LogP contribution in [0.1, 0.15) is 12.6 Å². The summed E-state index contributed by atoms with van der Waals surface area (Å²) in [5, 5.41) is 0. The second-order valence-corrected chi connectivity index (χ2v) is 10.6. The van der Waals surface area contributed by atoms with Crippen LogP contribution in [0.15, 0.2) is 12.7 Å². The van der Waals surface area contributed by atoms with Gasteiger partial charge >= 0.3 is 23.2 Å². The third-order valence-corrected chi connectivity index (χ3v) is 7.54. The van der Waals surface area contributed by atoms with E-state index in [9.17, 15) is 23.0 Å². The van der Waals surface area contributed by atoms with E-state index in [-0.39, 0.29) is 17.0 Å². The molecule has 3 unspecified atom stereocenters. The molecule has 3 rings (SSSR count). The predicted octanol–water partition coefficient (Wildman–Crippen LogP) is 0.377. The van der Waals surface area contributed by atoms with Crippen LogP contribution >= 0.6 is 23.2 Å². The Balaban J connectivity index is 1.63. The number of aromatic nitrogens is 4. The van der Waals surface area contributed by atoms with Gasteiger partial charge < -0.3 is 34.8 Å². The van der Waals surface area contributed by atoms with Gasteiger partial charge in [-0.15, -0.1) is 0 Å². The smallest absolute Gasteiger partial charge is 0.382 e. The molecule has 5 atom stereocenters. The Morgan fingerprint density at radius 3 is 2.57 bits per heavy atom. The molecule has 1 fully saturated rings. The van der Waals surface area contributed by atoms with Crippen molar-refractivity contribution < 1.29 is 55.8 Å². The summed E-state index contributed by atoms with van der Waals surface area (Å²) < 4.78 is 66.9. The molecule has 16 nitrogen and oxygen atoms in total. The van der Waals surface area contributed by atoms with Crippen LogP contribution < -0.4 is 5.73 Å². The molecule has 0 aromatic carbocycles. The SMILES string of the molecule is Nc1ncnc2c1ncn2[C@@H]1O[C@H](OCP(=O)(O)OP(=O)(O)OP(=O)(O)O)CC1F. The van der Waals surface area contributed by atoms with Crippen LogP contribution in [0, 0.1) is 0 Å². The first-order chi connectivity index (χ1) is 13.8. The molecule has 1 aliphatic rings. The number of rotatable bonds is 8. The molecule has 0 aliphatic carbocycles. The highest BCUT2D eigenvalue weighted by molar-refractivity contribution is 7.68. The number of hydrogen-bond donors (Lipinski definition) is 5. The maximum absolute atomic E-state index is 14.4. The number of phosphoric acid groups is 2. The Labute approximate surface area is 166 Å². The van der Waals surface area contributed by atoms with Crippen molar-refractivity contribution in [2.75, 3.05) is 12.1 Å². The van der Waals surface area contributed by atoms with Crippen LogP contribution in [-0.2, 0) is 31.8 Å². The van der Waals surface area contributed by atoms with Crippen molar-refractivity contribution in [1.82, 2.24) is 19.5 Å². The number of nitrogens with two attached hydrogens (primary N) is 1. The fourth-order valence-corrected chi connectivity index (χ4v) is 5.81. The molecule has 3 heterocycles. The number of anilines is 1. The second-order valence-electron chi connectivity index (χ2n) is 5.85. The Hall–Kier alpha value is -1.35. The molecule has 0 amide bonds. The minimum Gasteiger partial charge on any atom is -0.382 e. The lowest BCUT2D eigenvalue weighted by molar-refractivity contribution is -0.143. The molecule has 0 radical (unpaired) electrons. The highest BCUT2D eigenvalue weighted by Crippen LogP contribution is 2.66. The Morgan fingerprint density at radius 1 is 1.20 bits per heavy atom. The highest BCUT2D eigenvalue weighted by Gasteiger charge is 2.42. The minimum absolute atomic E-state index is 0.0595. The molecule has 6 N–H and O–H groups in total. The van der Waals surface area contributed by atoms with Crippen molar-refractivity contribution >= 4 is 40.2 Å². The van der Waals surface area contributed by atoms with E-state index in [1.165, 1.54) is 10.9 Å². The molecule has 168 valence electrons. The van der Waals surface area contributed by atoms with E-state index in [2.05, 4.69) is 23.6 Å². The third-order valence-electron chi connectivity index (χ3n) is 3.54. The summed E-state index contributed by atoms with van der Waals surface area (Å²) in [5.41, 5.74) is 6.03. The Morgan fingerprint density at radius 2 is 1.90 bits per heavy atom. The molecular formula is C10H15FN5O11P3. The van der Waals surface area contributed by atoms with E-state index in [1.807, 2.05) is 0 Å². The fourth-order valence-electron chi connectivity index (χ4n) is 2.51. The monoisotopic (exact) mass is 493 g/mol. The first-order valence-electron chi connectivity index (χ1n) is 7.73. The van der Waals surface area contributed by atoms with E-state index in [4.69, 9.17) is 29.9 Å². The zero-order valence-corrected chi connectivity index (χ0v) is 17.2. The summed E-state index contributed by atoms with van der Waals surface area (Å²) in [5.74, 6) is 0.0595. The van der Waals surface area contributed by atoms with Gasteiger partial charge in [-0.3, -0.25) is 9.13 Å². The third kappa shape index (κ3) is 5.66. The molecule has 2 aromatic heterocycles. The zero-order valence-electron chi connectivity index (χ0n) is 14.5. The maximum atomic E-state index is 14.4. The van der Waals surface area contributed by atoms with Crippen molar-refractivity contribution in [2.24, 2.45) is 0 Å². The Kier molecular flexibility index (Phi) is 6.45. The number of nitrogen functional groups attached to an aromatic ring is 1. The standard InChI is InChI=1S/C10H15FN5O11P3/c11-5-1-6(24-4-28(17,18)26-30(22,23)27-29(19,20)21)25-10(5)16-3-15-7-8(12)13-2-14-9(7)16/h2-3,5-6,10H,1,4H2,(H,17,18)(H,22,23)(H2,12,13,14)(H2,19,20,21)/t5?,6-,10+/m0/s1. The normalized spacial score (nSPS) is 26.5. The van der Waals surface area contributed by atoms with Gasteiger partial charge in [0.1, 0.15) is 11.8 Å². The molecule has 1 aliphatic heterocycles. The topological polar surface area (TPSA) is 239 Å². The van der Waals surface area contributed by atoms with Gasteiger partial charge in [0.05, 0.1) is 6.33 Å². The van der Waals surface area contributed by atoms with E-state index >= 15 is 0 Å². The zero-order chi connectivity index (χ0) is 22.3. The molecule has 2 aromatic rings. The highest BCUT2D eigenvalue weighted by atomic mass is 31.3. The quantitative estimate of drug-likeness (QED) is 0.312. The number of fused-ring (bicyclic) bond motifs is 1. The molecule has 0 spiro atoms. The largest absolute Gasteiger partial charge is 0.488 e. The van der Waals surface area contributed by atoms with Crippen LogP contribution in [0.5, 0.6) is 0 Å². The number of halogens is 1. The lowest BCUT2D eigenvalue weighted by Crippen LogP contribution is -2.17. The summed E-state index contributed by atoms with van der Waals surface area (Å²) in [4.78, 5) is 47.3. The van der Waals surface area contributed by atoms with Crippen molar-refractivity contribution in [3.63, 3.8) is 0 Å². The molecule has 1 saturated heterocycles. The van der Waals surface area contributed by atoms with Gasteiger partial charge in [0.25, 0.3) is 0 Å². The maximum Gasteiger partial charge on any atom is 0.488 e. The van der Waals surface area contributed by atoms with Crippen molar-refractivity contribution in [3.8, 4) is 0 Å². The molecule has 0 saturated carbocycles. The van der Waals surface area contributed by atoms with Crippen molar-refractivity contribution in [2.45, 2.75) is 25.1 Å². The van der Waals surface area contributed by atoms with Gasteiger partial charge in [-0.05, 0) is 0 Å². The average Bonchev–Trinajstić information content (AvgIpc) is 3.13. The van der Waals surface area contributed by atoms with E-state index < -0.39 is 54.7 Å². The number of alkyl halides is 1. The van der Waals surface area contributed by atoms with Crippen LogP contribution in [-0.4, -0.2) is 57.9 Å². The Bertz CT molecular complexity index is 1080. The van der Waals surface area contributed by atoms with Gasteiger partial charge in [0.2, 0.25) is 0 Å². The summed E-state index contributed by atoms with van der Waals surface area (Å²) in [7, 11) is -16.2. The number of hydrogen-bond acceptors (Lipinski definition) is 11. The van der Waals surface area contributed by atoms with Gasteiger partial charge in [-0.2, -0.15) is 4.31 Å². The van der Waals surface area contributed by atoms with Gasteiger partial charge in [0, 0.05) is 6.42 Å². The lowest BCUT2D eigenvalue weighted by atomic mass is 10.3. The first-order valence-corrected chi connectivity index (χ1v) is 12.5. The van der Waals surface area contributed by atoms with Crippen LogP contribution in [0.4, 0.5) is 10.2 Å². The van der Waals surface area contributed by atoms with E-state index in [0.717, 1.165) is 6.33 Å². The average molecular weight is 493 g/mol. The number of ether oxygens (including phenoxy) is 2. The van der Waals surface area contributed by atoms with Crippen LogP contribution in [0.2, 0.25) is 0 Å². The summed E-state index contributed by atoms with van der Waals surface area (Å²) in [6.07, 6.45) is -3.66. The summed E-state index contributed by atoms with van der Waals surface area (Å²) in [6.45, 7) is 0. The second kappa shape index (κ2) is 8.30. The first kappa shape index (κ1) is 23.3.